The summed E-state index contributed by atoms with van der Waals surface area (Å²) in [5, 5.41) is 0. The van der Waals surface area contributed by atoms with Gasteiger partial charge in [0, 0.05) is 50.6 Å². The average molecular weight is 484 g/mol. The minimum absolute atomic E-state index is 0.0165. The van der Waals surface area contributed by atoms with Crippen LogP contribution in [0.4, 0.5) is 0 Å². The second kappa shape index (κ2) is 9.37. The van der Waals surface area contributed by atoms with Gasteiger partial charge in [-0.25, -0.2) is 9.78 Å². The Bertz CT molecular complexity index is 1460. The Morgan fingerprint density at radius 3 is 2.69 bits per heavy atom. The van der Waals surface area contributed by atoms with Crippen LogP contribution >= 0.6 is 0 Å². The number of carbonyl (C=O) groups is 1. The maximum absolute atomic E-state index is 13.0. The van der Waals surface area contributed by atoms with Crippen molar-refractivity contribution in [2.75, 3.05) is 13.1 Å². The molecule has 36 heavy (non-hydrogen) atoms. The number of pyridine rings is 2. The molecule has 1 aromatic carbocycles. The quantitative estimate of drug-likeness (QED) is 0.415. The molecule has 7 heteroatoms. The molecule has 0 N–H and O–H groups in total. The van der Waals surface area contributed by atoms with Crippen LogP contribution in [0, 0.1) is 5.41 Å². The summed E-state index contributed by atoms with van der Waals surface area (Å²) < 4.78 is 3.45. The summed E-state index contributed by atoms with van der Waals surface area (Å²) in [7, 11) is 1.78. The van der Waals surface area contributed by atoms with Crippen LogP contribution in [0.3, 0.4) is 0 Å². The number of hydrogen-bond acceptors (Lipinski definition) is 4. The number of nitrogens with zero attached hydrogens (tertiary/aromatic N) is 5. The van der Waals surface area contributed by atoms with E-state index >= 15 is 0 Å². The number of aromatic nitrogens is 4. The van der Waals surface area contributed by atoms with Crippen molar-refractivity contribution in [1.29, 1.82) is 0 Å². The van der Waals surface area contributed by atoms with Crippen molar-refractivity contribution in [2.45, 2.75) is 46.1 Å². The van der Waals surface area contributed by atoms with Crippen molar-refractivity contribution in [2.24, 2.45) is 12.5 Å². The van der Waals surface area contributed by atoms with Crippen LogP contribution < -0.4 is 5.69 Å². The second-order valence-corrected chi connectivity index (χ2v) is 11.0. The van der Waals surface area contributed by atoms with Gasteiger partial charge in [0.15, 0.2) is 5.65 Å². The molecule has 1 atom stereocenters. The average Bonchev–Trinajstić information content (AvgIpc) is 3.12. The molecule has 4 heterocycles. The van der Waals surface area contributed by atoms with Crippen LogP contribution in [-0.2, 0) is 13.6 Å². The molecule has 186 valence electrons. The summed E-state index contributed by atoms with van der Waals surface area (Å²) in [5.74, 6) is 0.303. The summed E-state index contributed by atoms with van der Waals surface area (Å²) in [4.78, 5) is 36.8. The maximum atomic E-state index is 13.0. The lowest BCUT2D eigenvalue weighted by atomic mass is 9.89. The molecule has 1 amide bonds. The topological polar surface area (TPSA) is 73.0 Å². The fourth-order valence-corrected chi connectivity index (χ4v) is 5.12. The van der Waals surface area contributed by atoms with Crippen LogP contribution in [-0.4, -0.2) is 43.0 Å². The van der Waals surface area contributed by atoms with Gasteiger partial charge in [0.1, 0.15) is 0 Å². The van der Waals surface area contributed by atoms with Gasteiger partial charge in [-0.15, -0.1) is 0 Å². The molecule has 1 fully saturated rings. The highest BCUT2D eigenvalue weighted by Gasteiger charge is 2.26. The smallest absolute Gasteiger partial charge is 0.330 e. The van der Waals surface area contributed by atoms with Gasteiger partial charge in [0.2, 0.25) is 0 Å². The number of imidazole rings is 1. The third-order valence-electron chi connectivity index (χ3n) is 6.88. The Morgan fingerprint density at radius 2 is 1.94 bits per heavy atom. The maximum Gasteiger partial charge on any atom is 0.330 e. The van der Waals surface area contributed by atoms with E-state index in [2.05, 4.69) is 50.0 Å². The predicted octanol–water partition coefficient (Wildman–Crippen LogP) is 4.86. The molecule has 1 unspecified atom stereocenters. The number of fused-ring (bicyclic) bond motifs is 1. The first-order valence-electron chi connectivity index (χ1n) is 12.6. The Labute approximate surface area is 211 Å². The van der Waals surface area contributed by atoms with Gasteiger partial charge in [0.05, 0.1) is 16.8 Å². The van der Waals surface area contributed by atoms with Crippen LogP contribution in [0.2, 0.25) is 0 Å². The molecule has 1 saturated heterocycles. The van der Waals surface area contributed by atoms with Gasteiger partial charge in [-0.3, -0.25) is 18.9 Å². The fraction of sp³-hybridized carbons (Fsp3) is 0.379. The highest BCUT2D eigenvalue weighted by atomic mass is 16.2. The van der Waals surface area contributed by atoms with Gasteiger partial charge < -0.3 is 4.90 Å². The number of benzene rings is 1. The van der Waals surface area contributed by atoms with Gasteiger partial charge >= 0.3 is 5.69 Å². The van der Waals surface area contributed by atoms with Gasteiger partial charge in [-0.2, -0.15) is 0 Å². The first-order valence-corrected chi connectivity index (χ1v) is 12.6. The lowest BCUT2D eigenvalue weighted by molar-refractivity contribution is 0.0706. The van der Waals surface area contributed by atoms with Crippen molar-refractivity contribution in [3.05, 3.63) is 82.5 Å². The van der Waals surface area contributed by atoms with E-state index in [1.54, 1.807) is 30.1 Å². The Kier molecular flexibility index (Phi) is 6.24. The highest BCUT2D eigenvalue weighted by Crippen LogP contribution is 2.31. The standard InChI is InChI=1S/C29H33N5O2/c1-29(2,3)19-34-25-13-12-24(31-26(25)32(4)28(34)36)21-9-5-8-20(16-21)23-11-7-15-33(18-23)27(35)22-10-6-14-30-17-22/h5-6,8-10,12-14,16-17,23H,7,11,15,18-19H2,1-4H3. The molecule has 5 rings (SSSR count). The molecule has 0 radical (unpaired) electrons. The summed E-state index contributed by atoms with van der Waals surface area (Å²) in [6.45, 7) is 8.47. The van der Waals surface area contributed by atoms with E-state index in [1.165, 1.54) is 5.56 Å². The predicted molar refractivity (Wildman–Crippen MR) is 142 cm³/mol. The van der Waals surface area contributed by atoms with E-state index in [9.17, 15) is 9.59 Å². The Balaban J connectivity index is 1.43. The van der Waals surface area contributed by atoms with Crippen molar-refractivity contribution in [1.82, 2.24) is 24.0 Å². The first kappa shape index (κ1) is 24.0. The second-order valence-electron chi connectivity index (χ2n) is 11.0. The molecule has 0 aliphatic carbocycles. The molecule has 0 bridgehead atoms. The van der Waals surface area contributed by atoms with E-state index in [4.69, 9.17) is 4.98 Å². The third-order valence-corrected chi connectivity index (χ3v) is 6.88. The van der Waals surface area contributed by atoms with E-state index in [0.717, 1.165) is 36.2 Å². The number of hydrogen-bond donors (Lipinski definition) is 0. The fourth-order valence-electron chi connectivity index (χ4n) is 5.12. The van der Waals surface area contributed by atoms with E-state index in [-0.39, 0.29) is 22.9 Å². The van der Waals surface area contributed by atoms with Crippen molar-refractivity contribution in [3.63, 3.8) is 0 Å². The first-order chi connectivity index (χ1) is 17.2. The minimum Gasteiger partial charge on any atom is -0.338 e. The largest absolute Gasteiger partial charge is 0.338 e. The zero-order valence-corrected chi connectivity index (χ0v) is 21.4. The highest BCUT2D eigenvalue weighted by molar-refractivity contribution is 5.94. The number of aryl methyl sites for hydroxylation is 1. The van der Waals surface area contributed by atoms with E-state index in [0.29, 0.717) is 24.3 Å². The normalized spacial score (nSPS) is 16.4. The summed E-state index contributed by atoms with van der Waals surface area (Å²) in [6, 6.07) is 16.1. The molecular formula is C29H33N5O2. The SMILES string of the molecule is Cn1c(=O)n(CC(C)(C)C)c2ccc(-c3cccc(C4CCCN(C(=O)c5cccnc5)C4)c3)nc21. The van der Waals surface area contributed by atoms with Crippen molar-refractivity contribution >= 4 is 17.1 Å². The van der Waals surface area contributed by atoms with Gasteiger partial charge in [-0.1, -0.05) is 39.0 Å². The molecule has 7 nitrogen and oxygen atoms in total. The van der Waals surface area contributed by atoms with Gasteiger partial charge in [0.25, 0.3) is 5.91 Å². The van der Waals surface area contributed by atoms with E-state index < -0.39 is 0 Å². The molecular weight excluding hydrogens is 450 g/mol. The zero-order valence-electron chi connectivity index (χ0n) is 21.4. The van der Waals surface area contributed by atoms with Crippen LogP contribution in [0.25, 0.3) is 22.4 Å². The van der Waals surface area contributed by atoms with Crippen LogP contribution in [0.15, 0.2) is 65.7 Å². The summed E-state index contributed by atoms with van der Waals surface area (Å²) >= 11 is 0. The minimum atomic E-state index is -0.0427. The van der Waals surface area contributed by atoms with Crippen LogP contribution in [0.1, 0.15) is 55.5 Å². The zero-order chi connectivity index (χ0) is 25.4. The van der Waals surface area contributed by atoms with Crippen LogP contribution in [0.5, 0.6) is 0 Å². The number of rotatable bonds is 4. The van der Waals surface area contributed by atoms with Crippen molar-refractivity contribution in [3.8, 4) is 11.3 Å². The Hall–Kier alpha value is -3.74. The number of amides is 1. The molecule has 1 aliphatic heterocycles. The summed E-state index contributed by atoms with van der Waals surface area (Å²) in [5.41, 5.74) is 5.18. The lowest BCUT2D eigenvalue weighted by Gasteiger charge is -2.33. The number of piperidine rings is 1. The number of likely N-dealkylation sites (tertiary alicyclic amines) is 1. The monoisotopic (exact) mass is 483 g/mol. The molecule has 3 aromatic heterocycles. The lowest BCUT2D eigenvalue weighted by Crippen LogP contribution is -2.39. The molecule has 0 saturated carbocycles. The summed E-state index contributed by atoms with van der Waals surface area (Å²) in [6.07, 6.45) is 5.33. The third kappa shape index (κ3) is 4.70. The molecule has 1 aliphatic rings. The van der Waals surface area contributed by atoms with E-state index in [1.807, 2.05) is 27.7 Å². The molecule has 0 spiro atoms. The number of carbonyl (C=O) groups excluding carboxylic acids is 1. The van der Waals surface area contributed by atoms with Gasteiger partial charge in [-0.05, 0) is 54.2 Å². The Morgan fingerprint density at radius 1 is 1.11 bits per heavy atom. The van der Waals surface area contributed by atoms with Crippen molar-refractivity contribution < 1.29 is 4.79 Å². The molecule has 4 aromatic rings.